The SMILES string of the molecule is CCNS(=O)(=O)c1cccc(C(=O)NCCCOC2CCCCC2)c1. The summed E-state index contributed by atoms with van der Waals surface area (Å²) in [5.41, 5.74) is 0.340. The molecule has 0 radical (unpaired) electrons. The first-order valence-electron chi connectivity index (χ1n) is 9.02. The number of carbonyl (C=O) groups excluding carboxylic acids is 1. The largest absolute Gasteiger partial charge is 0.378 e. The van der Waals surface area contributed by atoms with Crippen LogP contribution in [0.3, 0.4) is 0 Å². The monoisotopic (exact) mass is 368 g/mol. The van der Waals surface area contributed by atoms with Gasteiger partial charge in [-0.15, -0.1) is 0 Å². The number of benzene rings is 1. The van der Waals surface area contributed by atoms with Crippen LogP contribution in [0.4, 0.5) is 0 Å². The van der Waals surface area contributed by atoms with E-state index in [1.54, 1.807) is 19.1 Å². The lowest BCUT2D eigenvalue weighted by atomic mass is 9.98. The molecule has 0 unspecified atom stereocenters. The van der Waals surface area contributed by atoms with Crippen LogP contribution in [-0.2, 0) is 14.8 Å². The summed E-state index contributed by atoms with van der Waals surface area (Å²) in [7, 11) is -3.56. The lowest BCUT2D eigenvalue weighted by Gasteiger charge is -2.21. The molecule has 0 atom stereocenters. The van der Waals surface area contributed by atoms with Crippen molar-refractivity contribution in [3.8, 4) is 0 Å². The third kappa shape index (κ3) is 6.41. The lowest BCUT2D eigenvalue weighted by molar-refractivity contribution is 0.0273. The van der Waals surface area contributed by atoms with Crippen LogP contribution in [0.15, 0.2) is 29.2 Å². The minimum absolute atomic E-state index is 0.0997. The highest BCUT2D eigenvalue weighted by molar-refractivity contribution is 7.89. The van der Waals surface area contributed by atoms with Gasteiger partial charge in [0.05, 0.1) is 11.0 Å². The van der Waals surface area contributed by atoms with Gasteiger partial charge in [-0.1, -0.05) is 32.3 Å². The van der Waals surface area contributed by atoms with E-state index in [9.17, 15) is 13.2 Å². The van der Waals surface area contributed by atoms with Gasteiger partial charge in [0.2, 0.25) is 10.0 Å². The molecule has 7 heteroatoms. The van der Waals surface area contributed by atoms with Crippen LogP contribution in [0.5, 0.6) is 0 Å². The molecule has 1 aliphatic rings. The Morgan fingerprint density at radius 3 is 2.72 bits per heavy atom. The molecule has 0 aromatic heterocycles. The molecule has 2 rings (SSSR count). The Balaban J connectivity index is 1.77. The second-order valence-corrected chi connectivity index (χ2v) is 8.04. The molecule has 140 valence electrons. The average molecular weight is 368 g/mol. The highest BCUT2D eigenvalue weighted by atomic mass is 32.2. The normalized spacial score (nSPS) is 15.9. The van der Waals surface area contributed by atoms with Crippen molar-refractivity contribution >= 4 is 15.9 Å². The fraction of sp³-hybridized carbons (Fsp3) is 0.611. The van der Waals surface area contributed by atoms with E-state index in [4.69, 9.17) is 4.74 Å². The van der Waals surface area contributed by atoms with Crippen LogP contribution < -0.4 is 10.0 Å². The first-order valence-corrected chi connectivity index (χ1v) is 10.5. The third-order valence-electron chi connectivity index (χ3n) is 4.25. The maximum atomic E-state index is 12.2. The van der Waals surface area contributed by atoms with E-state index in [-0.39, 0.29) is 10.8 Å². The Bertz CT molecular complexity index is 655. The number of ether oxygens (including phenoxy) is 1. The molecule has 2 N–H and O–H groups in total. The van der Waals surface area contributed by atoms with E-state index in [1.807, 2.05) is 0 Å². The van der Waals surface area contributed by atoms with Gasteiger partial charge in [0.1, 0.15) is 0 Å². The molecule has 1 fully saturated rings. The fourth-order valence-electron chi connectivity index (χ4n) is 2.94. The summed E-state index contributed by atoms with van der Waals surface area (Å²) >= 11 is 0. The topological polar surface area (TPSA) is 84.5 Å². The molecule has 6 nitrogen and oxygen atoms in total. The molecule has 1 saturated carbocycles. The molecule has 1 amide bonds. The fourth-order valence-corrected chi connectivity index (χ4v) is 4.02. The summed E-state index contributed by atoms with van der Waals surface area (Å²) in [4.78, 5) is 12.3. The summed E-state index contributed by atoms with van der Waals surface area (Å²) in [6, 6.07) is 6.06. The molecule has 1 aliphatic carbocycles. The first-order chi connectivity index (χ1) is 12.0. The lowest BCUT2D eigenvalue weighted by Crippen LogP contribution is -2.27. The highest BCUT2D eigenvalue weighted by Crippen LogP contribution is 2.20. The number of amides is 1. The molecule has 0 heterocycles. The highest BCUT2D eigenvalue weighted by Gasteiger charge is 2.15. The van der Waals surface area contributed by atoms with E-state index in [0.29, 0.717) is 31.4 Å². The second-order valence-electron chi connectivity index (χ2n) is 6.27. The Morgan fingerprint density at radius 1 is 1.24 bits per heavy atom. The van der Waals surface area contributed by atoms with Crippen molar-refractivity contribution in [2.75, 3.05) is 19.7 Å². The van der Waals surface area contributed by atoms with Crippen LogP contribution in [-0.4, -0.2) is 40.1 Å². The van der Waals surface area contributed by atoms with Crippen molar-refractivity contribution in [3.63, 3.8) is 0 Å². The molecular formula is C18H28N2O4S. The Hall–Kier alpha value is -1.44. The summed E-state index contributed by atoms with van der Waals surface area (Å²) in [6.07, 6.45) is 7.19. The molecule has 1 aromatic rings. The number of carbonyl (C=O) groups is 1. The maximum Gasteiger partial charge on any atom is 0.251 e. The van der Waals surface area contributed by atoms with Crippen molar-refractivity contribution in [2.45, 2.75) is 56.4 Å². The van der Waals surface area contributed by atoms with E-state index in [1.165, 1.54) is 31.4 Å². The predicted octanol–water partition coefficient (Wildman–Crippen LogP) is 2.45. The number of sulfonamides is 1. The van der Waals surface area contributed by atoms with Crippen molar-refractivity contribution in [1.29, 1.82) is 0 Å². The van der Waals surface area contributed by atoms with Crippen LogP contribution >= 0.6 is 0 Å². The summed E-state index contributed by atoms with van der Waals surface area (Å²) in [5, 5.41) is 2.81. The van der Waals surface area contributed by atoms with Crippen LogP contribution in [0.2, 0.25) is 0 Å². The van der Waals surface area contributed by atoms with E-state index >= 15 is 0 Å². The quantitative estimate of drug-likeness (QED) is 0.656. The smallest absolute Gasteiger partial charge is 0.251 e. The zero-order valence-electron chi connectivity index (χ0n) is 14.8. The van der Waals surface area contributed by atoms with Gasteiger partial charge in [0.15, 0.2) is 0 Å². The van der Waals surface area contributed by atoms with Crippen LogP contribution in [0, 0.1) is 0 Å². The summed E-state index contributed by atoms with van der Waals surface area (Å²) < 4.78 is 32.2. The molecular weight excluding hydrogens is 340 g/mol. The number of hydrogen-bond acceptors (Lipinski definition) is 4. The zero-order chi connectivity index (χ0) is 18.1. The van der Waals surface area contributed by atoms with Crippen molar-refractivity contribution in [2.24, 2.45) is 0 Å². The second kappa shape index (κ2) is 9.89. The van der Waals surface area contributed by atoms with E-state index in [0.717, 1.165) is 19.3 Å². The molecule has 0 bridgehead atoms. The van der Waals surface area contributed by atoms with Gasteiger partial charge in [-0.05, 0) is 37.5 Å². The van der Waals surface area contributed by atoms with Gasteiger partial charge in [-0.3, -0.25) is 4.79 Å². The van der Waals surface area contributed by atoms with Gasteiger partial charge >= 0.3 is 0 Å². The third-order valence-corrected chi connectivity index (χ3v) is 5.80. The molecule has 25 heavy (non-hydrogen) atoms. The minimum Gasteiger partial charge on any atom is -0.378 e. The maximum absolute atomic E-state index is 12.2. The molecule has 0 aliphatic heterocycles. The predicted molar refractivity (Wildman–Crippen MR) is 97.1 cm³/mol. The summed E-state index contributed by atoms with van der Waals surface area (Å²) in [5.74, 6) is -0.272. The number of rotatable bonds is 9. The van der Waals surface area contributed by atoms with Gasteiger partial charge in [0.25, 0.3) is 5.91 Å². The standard InChI is InChI=1S/C18H28N2O4S/c1-2-20-25(22,23)17-11-6-8-15(14-17)18(21)19-12-7-13-24-16-9-4-3-5-10-16/h6,8,11,14,16,20H,2-5,7,9-10,12-13H2,1H3,(H,19,21). The van der Waals surface area contributed by atoms with Crippen molar-refractivity contribution in [1.82, 2.24) is 10.0 Å². The zero-order valence-corrected chi connectivity index (χ0v) is 15.6. The van der Waals surface area contributed by atoms with E-state index < -0.39 is 10.0 Å². The van der Waals surface area contributed by atoms with Gasteiger partial charge in [-0.2, -0.15) is 0 Å². The molecule has 1 aromatic carbocycles. The molecule has 0 saturated heterocycles. The minimum atomic E-state index is -3.56. The van der Waals surface area contributed by atoms with E-state index in [2.05, 4.69) is 10.0 Å². The Labute approximate surface area is 150 Å². The van der Waals surface area contributed by atoms with Crippen LogP contribution in [0.1, 0.15) is 55.8 Å². The van der Waals surface area contributed by atoms with Gasteiger partial charge in [0, 0.05) is 25.3 Å². The Kier molecular flexibility index (Phi) is 7.87. The van der Waals surface area contributed by atoms with Gasteiger partial charge < -0.3 is 10.1 Å². The first kappa shape index (κ1) is 19.9. The van der Waals surface area contributed by atoms with Crippen LogP contribution in [0.25, 0.3) is 0 Å². The van der Waals surface area contributed by atoms with Gasteiger partial charge in [-0.25, -0.2) is 13.1 Å². The number of hydrogen-bond donors (Lipinski definition) is 2. The average Bonchev–Trinajstić information content (AvgIpc) is 2.62. The number of nitrogens with one attached hydrogen (secondary N) is 2. The van der Waals surface area contributed by atoms with Crippen molar-refractivity contribution in [3.05, 3.63) is 29.8 Å². The summed E-state index contributed by atoms with van der Waals surface area (Å²) in [6.45, 7) is 3.17. The molecule has 0 spiro atoms. The Morgan fingerprint density at radius 2 is 2.00 bits per heavy atom. The van der Waals surface area contributed by atoms with Crippen molar-refractivity contribution < 1.29 is 17.9 Å².